The summed E-state index contributed by atoms with van der Waals surface area (Å²) in [6.45, 7) is 4.47. The molecule has 0 aromatic carbocycles. The largest absolute Gasteiger partial charge is 0.387 e. The van der Waals surface area contributed by atoms with Gasteiger partial charge in [-0.3, -0.25) is 9.35 Å². The van der Waals surface area contributed by atoms with Gasteiger partial charge in [-0.25, -0.2) is 0 Å². The zero-order chi connectivity index (χ0) is 34.1. The number of carbonyl (C=O) groups is 1. The minimum absolute atomic E-state index is 0.273. The lowest BCUT2D eigenvalue weighted by atomic mass is 10.0. The zero-order valence-corrected chi connectivity index (χ0v) is 30.4. The van der Waals surface area contributed by atoms with Crippen LogP contribution in [-0.2, 0) is 14.9 Å². The predicted octanol–water partition coefficient (Wildman–Crippen LogP) is 9.54. The number of hydrogen-bond acceptors (Lipinski definition) is 5. The van der Waals surface area contributed by atoms with Crippen molar-refractivity contribution in [2.24, 2.45) is 0 Å². The number of carbonyl (C=O) groups excluding carboxylic acids is 1. The fraction of sp³-hybridized carbons (Fsp3) is 0.816. The van der Waals surface area contributed by atoms with E-state index in [0.29, 0.717) is 12.8 Å². The molecule has 0 aromatic rings. The maximum atomic E-state index is 12.5. The van der Waals surface area contributed by atoms with Crippen LogP contribution in [-0.4, -0.2) is 53.1 Å². The fourth-order valence-corrected chi connectivity index (χ4v) is 6.22. The van der Waals surface area contributed by atoms with Gasteiger partial charge in [0.15, 0.2) is 0 Å². The molecule has 0 saturated heterocycles. The number of aliphatic hydroxyl groups excluding tert-OH is 2. The summed E-state index contributed by atoms with van der Waals surface area (Å²) in [4.78, 5) is 12.5. The van der Waals surface area contributed by atoms with Crippen molar-refractivity contribution in [3.05, 3.63) is 36.5 Å². The molecule has 0 radical (unpaired) electrons. The molecule has 3 atom stereocenters. The van der Waals surface area contributed by atoms with Gasteiger partial charge in [0.2, 0.25) is 5.91 Å². The Hall–Kier alpha value is -1.48. The van der Waals surface area contributed by atoms with Crippen molar-refractivity contribution in [2.75, 3.05) is 5.75 Å². The monoisotopic (exact) mass is 670 g/mol. The molecular weight excluding hydrogens is 598 g/mol. The van der Waals surface area contributed by atoms with Gasteiger partial charge in [0.1, 0.15) is 6.10 Å². The SMILES string of the molecule is CCCCCCC/C=C/CC/C=C/CC/C=C/C(O)C(CS(=O)(=O)O)NC(=O)C(O)CCCCCCCCCCCCCCCC. The first-order valence-electron chi connectivity index (χ1n) is 18.8. The van der Waals surface area contributed by atoms with E-state index < -0.39 is 40.0 Å². The molecule has 3 unspecified atom stereocenters. The van der Waals surface area contributed by atoms with Crippen LogP contribution in [0, 0.1) is 0 Å². The summed E-state index contributed by atoms with van der Waals surface area (Å²) in [6.07, 6.45) is 37.7. The van der Waals surface area contributed by atoms with Gasteiger partial charge < -0.3 is 15.5 Å². The Bertz CT molecular complexity index is 886. The Morgan fingerprint density at radius 3 is 1.43 bits per heavy atom. The lowest BCUT2D eigenvalue weighted by Crippen LogP contribution is -2.50. The molecule has 0 bridgehead atoms. The number of hydrogen-bond donors (Lipinski definition) is 4. The summed E-state index contributed by atoms with van der Waals surface area (Å²) in [5.74, 6) is -1.56. The molecule has 0 spiro atoms. The highest BCUT2D eigenvalue weighted by Crippen LogP contribution is 2.14. The standard InChI is InChI=1S/C38H71NO6S/c1-3-5-7-9-11-13-15-17-19-21-22-24-26-28-30-32-36(40)35(34-46(43,44)45)39-38(42)37(41)33-31-29-27-25-23-20-18-16-14-12-10-8-6-4-2/h15,17,22,24,30,32,35-37,40-41H,3-14,16,18-21,23,25-29,31,33-34H2,1-2H3,(H,39,42)(H,43,44,45)/b17-15+,24-22+,32-30+. The van der Waals surface area contributed by atoms with Gasteiger partial charge >= 0.3 is 0 Å². The quantitative estimate of drug-likeness (QED) is 0.0313. The summed E-state index contributed by atoms with van der Waals surface area (Å²) in [6, 6.07) is -1.25. The lowest BCUT2D eigenvalue weighted by Gasteiger charge is -2.22. The third kappa shape index (κ3) is 31.1. The number of nitrogens with one attached hydrogen (secondary N) is 1. The first kappa shape index (κ1) is 44.5. The average molecular weight is 670 g/mol. The van der Waals surface area contributed by atoms with Gasteiger partial charge in [0, 0.05) is 0 Å². The van der Waals surface area contributed by atoms with E-state index in [9.17, 15) is 28.0 Å². The van der Waals surface area contributed by atoms with Crippen LogP contribution in [0.25, 0.3) is 0 Å². The van der Waals surface area contributed by atoms with Gasteiger partial charge in [0.05, 0.1) is 17.9 Å². The van der Waals surface area contributed by atoms with E-state index in [-0.39, 0.29) is 6.42 Å². The lowest BCUT2D eigenvalue weighted by molar-refractivity contribution is -0.130. The van der Waals surface area contributed by atoms with Gasteiger partial charge in [0.25, 0.3) is 10.1 Å². The van der Waals surface area contributed by atoms with Gasteiger partial charge in [-0.15, -0.1) is 0 Å². The van der Waals surface area contributed by atoms with E-state index in [4.69, 9.17) is 0 Å². The van der Waals surface area contributed by atoms with E-state index in [2.05, 4.69) is 43.5 Å². The molecule has 46 heavy (non-hydrogen) atoms. The van der Waals surface area contributed by atoms with Crippen molar-refractivity contribution in [3.63, 3.8) is 0 Å². The van der Waals surface area contributed by atoms with Crippen molar-refractivity contribution in [1.82, 2.24) is 5.32 Å². The van der Waals surface area contributed by atoms with Crippen LogP contribution in [0.15, 0.2) is 36.5 Å². The summed E-state index contributed by atoms with van der Waals surface area (Å²) in [7, 11) is -4.45. The molecule has 4 N–H and O–H groups in total. The third-order valence-electron chi connectivity index (χ3n) is 8.40. The van der Waals surface area contributed by atoms with Crippen molar-refractivity contribution >= 4 is 16.0 Å². The van der Waals surface area contributed by atoms with E-state index >= 15 is 0 Å². The molecule has 0 aliphatic rings. The molecule has 0 rings (SSSR count). The smallest absolute Gasteiger partial charge is 0.267 e. The Balaban J connectivity index is 4.18. The minimum Gasteiger partial charge on any atom is -0.387 e. The average Bonchev–Trinajstić information content (AvgIpc) is 3.01. The maximum Gasteiger partial charge on any atom is 0.267 e. The second-order valence-corrected chi connectivity index (χ2v) is 14.5. The topological polar surface area (TPSA) is 124 Å². The summed E-state index contributed by atoms with van der Waals surface area (Å²) in [5.41, 5.74) is 0. The Labute approximate surface area is 283 Å². The van der Waals surface area contributed by atoms with Gasteiger partial charge in [-0.2, -0.15) is 8.42 Å². The van der Waals surface area contributed by atoms with Crippen LogP contribution < -0.4 is 5.32 Å². The van der Waals surface area contributed by atoms with Gasteiger partial charge in [-0.1, -0.05) is 166 Å². The summed E-state index contributed by atoms with van der Waals surface area (Å²) < 4.78 is 32.4. The molecule has 0 aliphatic carbocycles. The molecule has 0 aromatic heterocycles. The van der Waals surface area contributed by atoms with Gasteiger partial charge in [-0.05, 0) is 44.9 Å². The molecular formula is C38H71NO6S. The highest BCUT2D eigenvalue weighted by Gasteiger charge is 2.27. The predicted molar refractivity (Wildman–Crippen MR) is 195 cm³/mol. The van der Waals surface area contributed by atoms with E-state index in [1.807, 2.05) is 0 Å². The molecule has 0 aliphatic heterocycles. The molecule has 0 fully saturated rings. The summed E-state index contributed by atoms with van der Waals surface area (Å²) >= 11 is 0. The first-order valence-corrected chi connectivity index (χ1v) is 20.4. The molecule has 0 heterocycles. The Morgan fingerprint density at radius 2 is 0.978 bits per heavy atom. The Morgan fingerprint density at radius 1 is 0.587 bits per heavy atom. The first-order chi connectivity index (χ1) is 22.2. The minimum atomic E-state index is -4.45. The van der Waals surface area contributed by atoms with E-state index in [0.717, 1.165) is 44.9 Å². The second kappa shape index (κ2) is 32.1. The normalized spacial score (nSPS) is 14.5. The molecule has 7 nitrogen and oxygen atoms in total. The number of allylic oxidation sites excluding steroid dienone is 5. The van der Waals surface area contributed by atoms with Crippen LogP contribution in [0.3, 0.4) is 0 Å². The summed E-state index contributed by atoms with van der Waals surface area (Å²) in [5, 5.41) is 23.3. The van der Waals surface area contributed by atoms with E-state index in [1.54, 1.807) is 6.08 Å². The number of unbranched alkanes of at least 4 members (excludes halogenated alkanes) is 20. The van der Waals surface area contributed by atoms with Crippen LogP contribution >= 0.6 is 0 Å². The van der Waals surface area contributed by atoms with Crippen LogP contribution in [0.5, 0.6) is 0 Å². The highest BCUT2D eigenvalue weighted by molar-refractivity contribution is 7.85. The number of rotatable bonds is 33. The molecule has 1 amide bonds. The number of amides is 1. The Kier molecular flexibility index (Phi) is 31.1. The van der Waals surface area contributed by atoms with Crippen molar-refractivity contribution < 1.29 is 28.0 Å². The zero-order valence-electron chi connectivity index (χ0n) is 29.6. The van der Waals surface area contributed by atoms with Crippen LogP contribution in [0.4, 0.5) is 0 Å². The van der Waals surface area contributed by atoms with Crippen molar-refractivity contribution in [2.45, 2.75) is 193 Å². The third-order valence-corrected chi connectivity index (χ3v) is 9.19. The highest BCUT2D eigenvalue weighted by atomic mass is 32.2. The second-order valence-electron chi connectivity index (χ2n) is 13.0. The molecule has 270 valence electrons. The maximum absolute atomic E-state index is 12.5. The van der Waals surface area contributed by atoms with Crippen molar-refractivity contribution in [1.29, 1.82) is 0 Å². The molecule has 0 saturated carbocycles. The van der Waals surface area contributed by atoms with E-state index in [1.165, 1.54) is 102 Å². The fourth-order valence-electron chi connectivity index (χ4n) is 5.49. The van der Waals surface area contributed by atoms with Crippen LogP contribution in [0.1, 0.15) is 174 Å². The van der Waals surface area contributed by atoms with Crippen LogP contribution in [0.2, 0.25) is 0 Å². The molecule has 8 heteroatoms. The van der Waals surface area contributed by atoms with Crippen molar-refractivity contribution in [3.8, 4) is 0 Å². The number of aliphatic hydroxyl groups is 2.